The molecule has 0 fully saturated rings. The number of nitrogens with two attached hydrogens (primary N) is 1. The van der Waals surface area contributed by atoms with Gasteiger partial charge in [0.2, 0.25) is 0 Å². The summed E-state index contributed by atoms with van der Waals surface area (Å²) in [6.07, 6.45) is 1.09. The Labute approximate surface area is 115 Å². The van der Waals surface area contributed by atoms with Gasteiger partial charge in [-0.25, -0.2) is 15.8 Å². The van der Waals surface area contributed by atoms with Crippen LogP contribution in [0.3, 0.4) is 0 Å². The van der Waals surface area contributed by atoms with Gasteiger partial charge in [0.05, 0.1) is 0 Å². The van der Waals surface area contributed by atoms with E-state index in [9.17, 15) is 0 Å². The van der Waals surface area contributed by atoms with Gasteiger partial charge in [0.15, 0.2) is 0 Å². The molecule has 0 saturated heterocycles. The molecule has 0 aliphatic rings. The molecule has 1 atom stereocenters. The summed E-state index contributed by atoms with van der Waals surface area (Å²) in [5.41, 5.74) is 2.56. The van der Waals surface area contributed by atoms with Crippen molar-refractivity contribution in [1.29, 1.82) is 0 Å². The molecule has 19 heavy (non-hydrogen) atoms. The summed E-state index contributed by atoms with van der Waals surface area (Å²) in [5, 5.41) is 3.47. The monoisotopic (exact) mass is 266 g/mol. The molecule has 0 bridgehead atoms. The van der Waals surface area contributed by atoms with E-state index in [1.54, 1.807) is 0 Å². The fraction of sp³-hybridized carbons (Fsp3) is 0.692. The van der Waals surface area contributed by atoms with E-state index in [0.717, 1.165) is 18.8 Å². The van der Waals surface area contributed by atoms with Crippen LogP contribution in [0, 0.1) is 12.8 Å². The number of nitrogens with one attached hydrogen (secondary N) is 2. The Balaban J connectivity index is 2.79. The normalized spacial score (nSPS) is 12.8. The summed E-state index contributed by atoms with van der Waals surface area (Å²) < 4.78 is 0. The maximum atomic E-state index is 5.40. The quantitative estimate of drug-likeness (QED) is 0.512. The molecule has 108 valence electrons. The first kappa shape index (κ1) is 15.7. The van der Waals surface area contributed by atoms with Gasteiger partial charge < -0.3 is 15.6 Å². The Morgan fingerprint density at radius 3 is 2.42 bits per heavy atom. The molecule has 0 aliphatic heterocycles. The number of hydrazine groups is 1. The first-order valence-electron chi connectivity index (χ1n) is 6.64. The second-order valence-electron chi connectivity index (χ2n) is 5.56. The first-order chi connectivity index (χ1) is 8.90. The summed E-state index contributed by atoms with van der Waals surface area (Å²) >= 11 is 0. The first-order valence-corrected chi connectivity index (χ1v) is 6.64. The van der Waals surface area contributed by atoms with Gasteiger partial charge in [0.1, 0.15) is 17.5 Å². The molecule has 1 rings (SSSR count). The molecule has 0 spiro atoms. The average Bonchev–Trinajstić information content (AvgIpc) is 2.26. The van der Waals surface area contributed by atoms with Gasteiger partial charge in [-0.2, -0.15) is 0 Å². The van der Waals surface area contributed by atoms with Crippen LogP contribution in [-0.4, -0.2) is 41.5 Å². The zero-order valence-electron chi connectivity index (χ0n) is 12.6. The molecule has 6 nitrogen and oxygen atoms in total. The van der Waals surface area contributed by atoms with Crippen molar-refractivity contribution in [2.24, 2.45) is 11.8 Å². The van der Waals surface area contributed by atoms with E-state index in [1.807, 2.05) is 13.0 Å². The van der Waals surface area contributed by atoms with Crippen molar-refractivity contribution in [2.75, 3.05) is 31.4 Å². The van der Waals surface area contributed by atoms with Crippen LogP contribution in [0.25, 0.3) is 0 Å². The maximum absolute atomic E-state index is 5.40. The molecule has 0 aromatic carbocycles. The van der Waals surface area contributed by atoms with Crippen LogP contribution in [0.4, 0.5) is 11.6 Å². The summed E-state index contributed by atoms with van der Waals surface area (Å²) in [5.74, 6) is 8.18. The summed E-state index contributed by atoms with van der Waals surface area (Å²) in [7, 11) is 4.15. The van der Waals surface area contributed by atoms with Gasteiger partial charge >= 0.3 is 0 Å². The van der Waals surface area contributed by atoms with Crippen LogP contribution in [-0.2, 0) is 0 Å². The van der Waals surface area contributed by atoms with Crippen molar-refractivity contribution in [3.05, 3.63) is 11.9 Å². The second kappa shape index (κ2) is 7.25. The van der Waals surface area contributed by atoms with E-state index < -0.39 is 0 Å². The zero-order chi connectivity index (χ0) is 14.4. The predicted molar refractivity (Wildman–Crippen MR) is 80.0 cm³/mol. The van der Waals surface area contributed by atoms with Gasteiger partial charge in [0.25, 0.3) is 0 Å². The van der Waals surface area contributed by atoms with Gasteiger partial charge in [-0.15, -0.1) is 0 Å². The van der Waals surface area contributed by atoms with E-state index in [4.69, 9.17) is 5.84 Å². The third-order valence-electron chi connectivity index (χ3n) is 2.68. The summed E-state index contributed by atoms with van der Waals surface area (Å²) in [6, 6.07) is 2.19. The Bertz CT molecular complexity index is 381. The van der Waals surface area contributed by atoms with Crippen molar-refractivity contribution >= 4 is 11.6 Å². The molecule has 0 radical (unpaired) electrons. The van der Waals surface area contributed by atoms with Crippen LogP contribution in [0.1, 0.15) is 26.1 Å². The molecule has 1 aromatic heterocycles. The minimum absolute atomic E-state index is 0.356. The Morgan fingerprint density at radius 2 is 1.89 bits per heavy atom. The predicted octanol–water partition coefficient (Wildman–Crippen LogP) is 1.46. The fourth-order valence-electron chi connectivity index (χ4n) is 2.11. The van der Waals surface area contributed by atoms with Crippen molar-refractivity contribution in [3.8, 4) is 0 Å². The third-order valence-corrected chi connectivity index (χ3v) is 2.68. The lowest BCUT2D eigenvalue weighted by Gasteiger charge is -2.24. The van der Waals surface area contributed by atoms with Crippen LogP contribution < -0.4 is 16.6 Å². The summed E-state index contributed by atoms with van der Waals surface area (Å²) in [6.45, 7) is 7.27. The van der Waals surface area contributed by atoms with Crippen molar-refractivity contribution < 1.29 is 0 Å². The number of likely N-dealkylation sites (N-methyl/N-ethyl adjacent to an activating group) is 1. The number of nitrogens with zero attached hydrogens (tertiary/aromatic N) is 3. The van der Waals surface area contributed by atoms with Crippen LogP contribution in [0.5, 0.6) is 0 Å². The standard InChI is InChI=1S/C13H26N6/c1-9(2)6-11(8-19(4)5)17-12-7-13(18-14)16-10(3)15-12/h7,9,11H,6,8,14H2,1-5H3,(H2,15,16,17,18). The smallest absolute Gasteiger partial charge is 0.145 e. The number of aryl methyl sites for hydroxylation is 1. The Kier molecular flexibility index (Phi) is 5.98. The van der Waals surface area contributed by atoms with E-state index in [1.165, 1.54) is 0 Å². The van der Waals surface area contributed by atoms with Gasteiger partial charge in [-0.1, -0.05) is 13.8 Å². The van der Waals surface area contributed by atoms with E-state index in [0.29, 0.717) is 23.6 Å². The highest BCUT2D eigenvalue weighted by Gasteiger charge is 2.13. The van der Waals surface area contributed by atoms with Crippen molar-refractivity contribution in [1.82, 2.24) is 14.9 Å². The van der Waals surface area contributed by atoms with Crippen LogP contribution in [0.2, 0.25) is 0 Å². The lowest BCUT2D eigenvalue weighted by molar-refractivity contribution is 0.356. The van der Waals surface area contributed by atoms with Gasteiger partial charge in [-0.05, 0) is 33.4 Å². The van der Waals surface area contributed by atoms with E-state index >= 15 is 0 Å². The maximum Gasteiger partial charge on any atom is 0.145 e. The highest BCUT2D eigenvalue weighted by atomic mass is 15.3. The number of hydrogen-bond donors (Lipinski definition) is 3. The molecule has 0 saturated carbocycles. The highest BCUT2D eigenvalue weighted by molar-refractivity contribution is 5.47. The minimum Gasteiger partial charge on any atom is -0.366 e. The second-order valence-corrected chi connectivity index (χ2v) is 5.56. The van der Waals surface area contributed by atoms with Gasteiger partial charge in [-0.3, -0.25) is 0 Å². The highest BCUT2D eigenvalue weighted by Crippen LogP contribution is 2.14. The van der Waals surface area contributed by atoms with Crippen molar-refractivity contribution in [2.45, 2.75) is 33.2 Å². The summed E-state index contributed by atoms with van der Waals surface area (Å²) in [4.78, 5) is 10.8. The number of rotatable bonds is 7. The molecule has 0 aliphatic carbocycles. The molecule has 4 N–H and O–H groups in total. The average molecular weight is 266 g/mol. The number of aromatic nitrogens is 2. The Hall–Kier alpha value is -1.40. The SMILES string of the molecule is Cc1nc(NN)cc(NC(CC(C)C)CN(C)C)n1. The largest absolute Gasteiger partial charge is 0.366 e. The van der Waals surface area contributed by atoms with Crippen LogP contribution in [0.15, 0.2) is 6.07 Å². The lowest BCUT2D eigenvalue weighted by atomic mass is 10.0. The third kappa shape index (κ3) is 5.85. The molecular formula is C13H26N6. The lowest BCUT2D eigenvalue weighted by Crippen LogP contribution is -2.34. The molecule has 0 amide bonds. The van der Waals surface area contributed by atoms with Crippen molar-refractivity contribution in [3.63, 3.8) is 0 Å². The molecule has 1 unspecified atom stereocenters. The molecular weight excluding hydrogens is 240 g/mol. The van der Waals surface area contributed by atoms with Crippen LogP contribution >= 0.6 is 0 Å². The van der Waals surface area contributed by atoms with Gasteiger partial charge in [0, 0.05) is 18.7 Å². The van der Waals surface area contributed by atoms with E-state index in [-0.39, 0.29) is 0 Å². The van der Waals surface area contributed by atoms with E-state index in [2.05, 4.69) is 53.6 Å². The minimum atomic E-state index is 0.356. The molecule has 1 aromatic rings. The Morgan fingerprint density at radius 1 is 1.26 bits per heavy atom. The zero-order valence-corrected chi connectivity index (χ0v) is 12.6. The number of nitrogen functional groups attached to an aromatic ring is 1. The number of anilines is 2. The fourth-order valence-corrected chi connectivity index (χ4v) is 2.11. The molecule has 6 heteroatoms. The molecule has 1 heterocycles. The topological polar surface area (TPSA) is 79.1 Å². The number of hydrogen-bond acceptors (Lipinski definition) is 6.